The van der Waals surface area contributed by atoms with Gasteiger partial charge in [0.2, 0.25) is 0 Å². The molecule has 0 aromatic heterocycles. The van der Waals surface area contributed by atoms with E-state index in [1.165, 1.54) is 19.3 Å². The molecule has 7 atom stereocenters. The van der Waals surface area contributed by atoms with Gasteiger partial charge in [0, 0.05) is 44.7 Å². The van der Waals surface area contributed by atoms with Crippen molar-refractivity contribution in [2.45, 2.75) is 114 Å². The minimum atomic E-state index is -0.575. The van der Waals surface area contributed by atoms with E-state index in [-0.39, 0.29) is 12.5 Å². The van der Waals surface area contributed by atoms with Crippen LogP contribution in [0.2, 0.25) is 0 Å². The molecule has 0 spiro atoms. The Morgan fingerprint density at radius 1 is 0.943 bits per heavy atom. The largest absolute Gasteiger partial charge is 0.376 e. The maximum absolute atomic E-state index is 13.7. The standard InChI is InChI=1S/C26H47FN6O2/c27-20-6-4-18(5-7-20)19-16-29-33(17-19)25-15-24(32-12-8-23-22(32)10-14-34-23)30-26(31-25)35-13-9-21-3-1-2-11-28-21/h18-26,28-31H,1-17H2/t18?,19?,20?,21?,22-,23-,24?,25?,26?/m1/s1. The fourth-order valence-corrected chi connectivity index (χ4v) is 7.63. The molecule has 8 nitrogen and oxygen atoms in total. The van der Waals surface area contributed by atoms with Crippen LogP contribution in [0.5, 0.6) is 0 Å². The Hall–Kier alpha value is -0.390. The first kappa shape index (κ1) is 24.9. The number of halogens is 1. The monoisotopic (exact) mass is 494 g/mol. The second-order valence-electron chi connectivity index (χ2n) is 11.9. The lowest BCUT2D eigenvalue weighted by Crippen LogP contribution is -2.68. The van der Waals surface area contributed by atoms with Gasteiger partial charge in [-0.05, 0) is 76.2 Å². The first-order chi connectivity index (χ1) is 17.2. The molecular weight excluding hydrogens is 447 g/mol. The minimum absolute atomic E-state index is 0.147. The van der Waals surface area contributed by atoms with E-state index >= 15 is 0 Å². The van der Waals surface area contributed by atoms with Crippen molar-refractivity contribution in [2.24, 2.45) is 11.8 Å². The highest BCUT2D eigenvalue weighted by Gasteiger charge is 2.46. The number of rotatable bonds is 7. The first-order valence-corrected chi connectivity index (χ1v) is 14.6. The fourth-order valence-electron chi connectivity index (χ4n) is 7.63. The van der Waals surface area contributed by atoms with Crippen LogP contribution in [-0.4, -0.2) is 92.3 Å². The Balaban J connectivity index is 1.07. The molecule has 9 heteroatoms. The van der Waals surface area contributed by atoms with Gasteiger partial charge in [-0.1, -0.05) is 6.42 Å². The Bertz CT molecular complexity index is 676. The molecule has 5 heterocycles. The average molecular weight is 495 g/mol. The summed E-state index contributed by atoms with van der Waals surface area (Å²) < 4.78 is 26.1. The van der Waals surface area contributed by atoms with Crippen molar-refractivity contribution in [3.63, 3.8) is 0 Å². The lowest BCUT2D eigenvalue weighted by atomic mass is 9.79. The van der Waals surface area contributed by atoms with Crippen molar-refractivity contribution >= 4 is 0 Å². The summed E-state index contributed by atoms with van der Waals surface area (Å²) in [6, 6.07) is 1.13. The van der Waals surface area contributed by atoms with Gasteiger partial charge in [0.25, 0.3) is 0 Å². The summed E-state index contributed by atoms with van der Waals surface area (Å²) in [4.78, 5) is 2.65. The lowest BCUT2D eigenvalue weighted by Gasteiger charge is -2.45. The first-order valence-electron chi connectivity index (χ1n) is 14.6. The van der Waals surface area contributed by atoms with Crippen LogP contribution in [0.1, 0.15) is 70.6 Å². The highest BCUT2D eigenvalue weighted by atomic mass is 19.1. The van der Waals surface area contributed by atoms with Crippen LogP contribution in [0, 0.1) is 11.8 Å². The number of alkyl halides is 1. The van der Waals surface area contributed by atoms with E-state index in [0.717, 1.165) is 90.8 Å². The van der Waals surface area contributed by atoms with Crippen LogP contribution in [0.15, 0.2) is 0 Å². The third-order valence-corrected chi connectivity index (χ3v) is 9.70. The third kappa shape index (κ3) is 5.87. The Morgan fingerprint density at radius 2 is 1.83 bits per heavy atom. The van der Waals surface area contributed by atoms with E-state index in [1.54, 1.807) is 0 Å². The summed E-state index contributed by atoms with van der Waals surface area (Å²) in [6.45, 7) is 5.95. The van der Waals surface area contributed by atoms with E-state index in [0.29, 0.717) is 36.2 Å². The van der Waals surface area contributed by atoms with Gasteiger partial charge in [0.15, 0.2) is 6.35 Å². The summed E-state index contributed by atoms with van der Waals surface area (Å²) in [5.74, 6) is 1.27. The van der Waals surface area contributed by atoms with Gasteiger partial charge in [0.1, 0.15) is 6.17 Å². The Kier molecular flexibility index (Phi) is 8.23. The summed E-state index contributed by atoms with van der Waals surface area (Å²) in [5, 5.41) is 13.6. The van der Waals surface area contributed by atoms with E-state index in [4.69, 9.17) is 9.47 Å². The zero-order valence-corrected chi connectivity index (χ0v) is 21.3. The molecular formula is C26H47FN6O2. The number of nitrogens with zero attached hydrogens (tertiary/aromatic N) is 2. The molecule has 35 heavy (non-hydrogen) atoms. The molecule has 0 aromatic rings. The summed E-state index contributed by atoms with van der Waals surface area (Å²) >= 11 is 0. The average Bonchev–Trinajstić information content (AvgIpc) is 3.63. The van der Waals surface area contributed by atoms with Crippen molar-refractivity contribution in [3.05, 3.63) is 0 Å². The number of likely N-dealkylation sites (tertiary alicyclic amines) is 1. The van der Waals surface area contributed by atoms with Crippen LogP contribution in [-0.2, 0) is 9.47 Å². The Labute approximate surface area is 210 Å². The van der Waals surface area contributed by atoms with E-state index in [1.807, 2.05) is 0 Å². The van der Waals surface area contributed by atoms with E-state index < -0.39 is 6.17 Å². The lowest BCUT2D eigenvalue weighted by molar-refractivity contribution is -0.0888. The molecule has 1 aliphatic carbocycles. The summed E-state index contributed by atoms with van der Waals surface area (Å²) in [7, 11) is 0. The number of ether oxygens (including phenoxy) is 2. The zero-order chi connectivity index (χ0) is 23.6. The predicted octanol–water partition coefficient (Wildman–Crippen LogP) is 1.88. The molecule has 4 N–H and O–H groups in total. The Morgan fingerprint density at radius 3 is 2.69 bits per heavy atom. The second-order valence-corrected chi connectivity index (χ2v) is 11.9. The normalized spacial score (nSPS) is 45.7. The van der Waals surface area contributed by atoms with Gasteiger partial charge in [-0.2, -0.15) is 0 Å². The number of piperidine rings is 1. The van der Waals surface area contributed by atoms with E-state index in [9.17, 15) is 4.39 Å². The number of nitrogens with one attached hydrogen (secondary N) is 4. The molecule has 5 saturated heterocycles. The topological polar surface area (TPSA) is 73.1 Å². The van der Waals surface area contributed by atoms with Crippen molar-refractivity contribution in [3.8, 4) is 0 Å². The molecule has 0 aromatic carbocycles. The molecule has 0 radical (unpaired) electrons. The quantitative estimate of drug-likeness (QED) is 0.428. The van der Waals surface area contributed by atoms with Crippen molar-refractivity contribution in [2.75, 3.05) is 39.4 Å². The molecule has 6 aliphatic rings. The maximum Gasteiger partial charge on any atom is 0.165 e. The highest BCUT2D eigenvalue weighted by Crippen LogP contribution is 2.35. The van der Waals surface area contributed by atoms with Crippen LogP contribution in [0.3, 0.4) is 0 Å². The molecule has 5 aliphatic heterocycles. The van der Waals surface area contributed by atoms with Crippen LogP contribution in [0.4, 0.5) is 4.39 Å². The van der Waals surface area contributed by atoms with Gasteiger partial charge in [0.05, 0.1) is 25.0 Å². The highest BCUT2D eigenvalue weighted by molar-refractivity contribution is 4.97. The summed E-state index contributed by atoms with van der Waals surface area (Å²) in [6.07, 6.45) is 12.0. The van der Waals surface area contributed by atoms with Gasteiger partial charge >= 0.3 is 0 Å². The van der Waals surface area contributed by atoms with Crippen molar-refractivity contribution in [1.29, 1.82) is 0 Å². The predicted molar refractivity (Wildman–Crippen MR) is 133 cm³/mol. The molecule has 5 unspecified atom stereocenters. The molecule has 0 bridgehead atoms. The SMILES string of the molecule is FC1CCC(C2CNN(C3CC(N4CC[C@H]5OCC[C@H]54)NC(OCCC4CCCCN4)N3)C2)CC1. The smallest absolute Gasteiger partial charge is 0.165 e. The van der Waals surface area contributed by atoms with Crippen molar-refractivity contribution < 1.29 is 13.9 Å². The van der Waals surface area contributed by atoms with Crippen LogP contribution >= 0.6 is 0 Å². The number of hydrogen-bond donors (Lipinski definition) is 4. The van der Waals surface area contributed by atoms with Crippen LogP contribution < -0.4 is 21.4 Å². The zero-order valence-electron chi connectivity index (χ0n) is 21.3. The number of hydrogen-bond acceptors (Lipinski definition) is 8. The van der Waals surface area contributed by atoms with Gasteiger partial charge in [-0.25, -0.2) is 9.40 Å². The number of hydrazine groups is 1. The third-order valence-electron chi connectivity index (χ3n) is 9.70. The van der Waals surface area contributed by atoms with Gasteiger partial charge < -0.3 is 14.8 Å². The molecule has 0 amide bonds. The molecule has 200 valence electrons. The van der Waals surface area contributed by atoms with E-state index in [2.05, 4.69) is 31.3 Å². The molecule has 1 saturated carbocycles. The summed E-state index contributed by atoms with van der Waals surface area (Å²) in [5.41, 5.74) is 3.71. The van der Waals surface area contributed by atoms with Crippen molar-refractivity contribution in [1.82, 2.24) is 31.3 Å². The molecule has 6 fully saturated rings. The fraction of sp³-hybridized carbons (Fsp3) is 1.00. The maximum atomic E-state index is 13.7. The number of fused-ring (bicyclic) bond motifs is 1. The van der Waals surface area contributed by atoms with Gasteiger partial charge in [-0.15, -0.1) is 0 Å². The van der Waals surface area contributed by atoms with Gasteiger partial charge in [-0.3, -0.25) is 21.0 Å². The second kappa shape index (κ2) is 11.6. The van der Waals surface area contributed by atoms with Crippen LogP contribution in [0.25, 0.3) is 0 Å². The molecule has 6 rings (SSSR count). The minimum Gasteiger partial charge on any atom is -0.376 e.